The van der Waals surface area contributed by atoms with Crippen LogP contribution in [0.1, 0.15) is 37.9 Å². The van der Waals surface area contributed by atoms with E-state index in [9.17, 15) is 9.59 Å². The minimum absolute atomic E-state index is 0.172. The highest BCUT2D eigenvalue weighted by molar-refractivity contribution is 5.85. The number of carbonyl (C=O) groups excluding carboxylic acids is 2. The van der Waals surface area contributed by atoms with Gasteiger partial charge in [0, 0.05) is 5.69 Å². The molecule has 0 aromatic heterocycles. The van der Waals surface area contributed by atoms with Crippen molar-refractivity contribution in [3.8, 4) is 0 Å². The monoisotopic (exact) mass is 356 g/mol. The third kappa shape index (κ3) is 6.22. The lowest BCUT2D eigenvalue weighted by molar-refractivity contribution is -0.146. The summed E-state index contributed by atoms with van der Waals surface area (Å²) in [5.74, 6) is -0.512. The van der Waals surface area contributed by atoms with Crippen LogP contribution in [0.2, 0.25) is 0 Å². The van der Waals surface area contributed by atoms with Crippen LogP contribution in [0.5, 0.6) is 0 Å². The molecule has 2 aromatic carbocycles. The van der Waals surface area contributed by atoms with Crippen LogP contribution in [0.15, 0.2) is 54.6 Å². The number of esters is 1. The fourth-order valence-electron chi connectivity index (χ4n) is 2.15. The summed E-state index contributed by atoms with van der Waals surface area (Å²) in [7, 11) is 0. The Morgan fingerprint density at radius 2 is 1.65 bits per heavy atom. The van der Waals surface area contributed by atoms with Crippen molar-refractivity contribution >= 4 is 17.7 Å². The van der Waals surface area contributed by atoms with Crippen molar-refractivity contribution in [3.63, 3.8) is 0 Å². The van der Waals surface area contributed by atoms with E-state index in [1.54, 1.807) is 45.0 Å². The van der Waals surface area contributed by atoms with Crippen LogP contribution in [0.4, 0.5) is 10.5 Å². The van der Waals surface area contributed by atoms with E-state index < -0.39 is 23.7 Å². The third-order valence-corrected chi connectivity index (χ3v) is 3.39. The summed E-state index contributed by atoms with van der Waals surface area (Å²) in [6.45, 7) is 5.53. The Labute approximate surface area is 153 Å². The number of carbonyl (C=O) groups is 2. The molecular weight excluding hydrogens is 332 g/mol. The van der Waals surface area contributed by atoms with Gasteiger partial charge in [-0.2, -0.15) is 0 Å². The number of amides is 1. The maximum Gasteiger partial charge on any atom is 0.412 e. The standard InChI is InChI=1S/C20H24N2O4/c1-20(2,3)26-19(24)22-16-11-9-15(10-12-16)17(21)18(23)25-13-14-7-5-4-6-8-14/h4-12,17H,13,21H2,1-3H3,(H,22,24). The molecule has 6 heteroatoms. The molecule has 3 N–H and O–H groups in total. The summed E-state index contributed by atoms with van der Waals surface area (Å²) in [5.41, 5.74) is 7.41. The summed E-state index contributed by atoms with van der Waals surface area (Å²) in [5, 5.41) is 2.62. The maximum absolute atomic E-state index is 12.1. The summed E-state index contributed by atoms with van der Waals surface area (Å²) < 4.78 is 10.4. The first kappa shape index (κ1) is 19.5. The molecule has 0 aliphatic carbocycles. The Kier molecular flexibility index (Phi) is 6.36. The van der Waals surface area contributed by atoms with Gasteiger partial charge >= 0.3 is 12.1 Å². The molecule has 0 spiro atoms. The van der Waals surface area contributed by atoms with Crippen molar-refractivity contribution in [1.82, 2.24) is 0 Å². The van der Waals surface area contributed by atoms with Gasteiger partial charge in [-0.3, -0.25) is 5.32 Å². The largest absolute Gasteiger partial charge is 0.459 e. The number of ether oxygens (including phenoxy) is 2. The molecule has 0 saturated heterocycles. The van der Waals surface area contributed by atoms with Gasteiger partial charge in [0.25, 0.3) is 0 Å². The molecule has 2 aromatic rings. The second-order valence-corrected chi connectivity index (χ2v) is 6.82. The molecule has 138 valence electrons. The number of nitrogens with two attached hydrogens (primary N) is 1. The average Bonchev–Trinajstić information content (AvgIpc) is 2.59. The molecule has 0 aliphatic rings. The van der Waals surface area contributed by atoms with Crippen LogP contribution in [0.25, 0.3) is 0 Å². The highest BCUT2D eigenvalue weighted by atomic mass is 16.6. The molecule has 1 unspecified atom stereocenters. The van der Waals surface area contributed by atoms with Crippen molar-refractivity contribution < 1.29 is 19.1 Å². The van der Waals surface area contributed by atoms with Gasteiger partial charge in [0.05, 0.1) is 0 Å². The van der Waals surface area contributed by atoms with Gasteiger partial charge in [0.2, 0.25) is 0 Å². The Bertz CT molecular complexity index is 737. The van der Waals surface area contributed by atoms with Crippen molar-refractivity contribution in [2.24, 2.45) is 5.73 Å². The average molecular weight is 356 g/mol. The molecule has 0 fully saturated rings. The Hall–Kier alpha value is -2.86. The number of hydrogen-bond acceptors (Lipinski definition) is 5. The summed E-state index contributed by atoms with van der Waals surface area (Å²) in [4.78, 5) is 23.8. The molecule has 0 saturated carbocycles. The highest BCUT2D eigenvalue weighted by Gasteiger charge is 2.19. The molecular formula is C20H24N2O4. The predicted molar refractivity (Wildman–Crippen MR) is 99.5 cm³/mol. The predicted octanol–water partition coefficient (Wildman–Crippen LogP) is 3.78. The minimum atomic E-state index is -0.894. The van der Waals surface area contributed by atoms with Gasteiger partial charge in [-0.1, -0.05) is 42.5 Å². The van der Waals surface area contributed by atoms with Crippen molar-refractivity contribution in [2.45, 2.75) is 39.0 Å². The van der Waals surface area contributed by atoms with Crippen LogP contribution in [-0.4, -0.2) is 17.7 Å². The molecule has 0 aliphatic heterocycles. The minimum Gasteiger partial charge on any atom is -0.459 e. The zero-order valence-corrected chi connectivity index (χ0v) is 15.2. The number of anilines is 1. The Morgan fingerprint density at radius 1 is 1.04 bits per heavy atom. The van der Waals surface area contributed by atoms with E-state index in [0.717, 1.165) is 5.56 Å². The first-order chi connectivity index (χ1) is 12.2. The van der Waals surface area contributed by atoms with Crippen LogP contribution in [-0.2, 0) is 20.9 Å². The van der Waals surface area contributed by atoms with E-state index in [1.165, 1.54) is 0 Å². The van der Waals surface area contributed by atoms with Crippen LogP contribution < -0.4 is 11.1 Å². The van der Waals surface area contributed by atoms with E-state index in [4.69, 9.17) is 15.2 Å². The van der Waals surface area contributed by atoms with Crippen molar-refractivity contribution in [3.05, 3.63) is 65.7 Å². The van der Waals surface area contributed by atoms with Crippen LogP contribution in [0, 0.1) is 0 Å². The SMILES string of the molecule is CC(C)(C)OC(=O)Nc1ccc(C(N)C(=O)OCc2ccccc2)cc1. The van der Waals surface area contributed by atoms with Crippen molar-refractivity contribution in [2.75, 3.05) is 5.32 Å². The fourth-order valence-corrected chi connectivity index (χ4v) is 2.15. The van der Waals surface area contributed by atoms with Gasteiger partial charge in [0.15, 0.2) is 0 Å². The van der Waals surface area contributed by atoms with E-state index >= 15 is 0 Å². The van der Waals surface area contributed by atoms with Gasteiger partial charge in [0.1, 0.15) is 18.2 Å². The summed E-state index contributed by atoms with van der Waals surface area (Å²) in [6.07, 6.45) is -0.545. The van der Waals surface area contributed by atoms with E-state index in [0.29, 0.717) is 11.3 Å². The number of rotatable bonds is 5. The van der Waals surface area contributed by atoms with Crippen LogP contribution in [0.3, 0.4) is 0 Å². The number of benzene rings is 2. The topological polar surface area (TPSA) is 90.6 Å². The molecule has 0 radical (unpaired) electrons. The Balaban J connectivity index is 1.90. The first-order valence-electron chi connectivity index (χ1n) is 8.31. The van der Waals surface area contributed by atoms with Gasteiger partial charge in [-0.05, 0) is 44.0 Å². The lowest BCUT2D eigenvalue weighted by Gasteiger charge is -2.19. The third-order valence-electron chi connectivity index (χ3n) is 3.39. The lowest BCUT2D eigenvalue weighted by Crippen LogP contribution is -2.27. The van der Waals surface area contributed by atoms with Gasteiger partial charge < -0.3 is 15.2 Å². The Morgan fingerprint density at radius 3 is 2.23 bits per heavy atom. The summed E-state index contributed by atoms with van der Waals surface area (Å²) >= 11 is 0. The quantitative estimate of drug-likeness (QED) is 0.796. The zero-order chi connectivity index (χ0) is 19.2. The molecule has 6 nitrogen and oxygen atoms in total. The maximum atomic E-state index is 12.1. The molecule has 2 rings (SSSR count). The molecule has 1 amide bonds. The molecule has 1 atom stereocenters. The summed E-state index contributed by atoms with van der Waals surface area (Å²) in [6, 6.07) is 15.1. The smallest absolute Gasteiger partial charge is 0.412 e. The number of nitrogens with one attached hydrogen (secondary N) is 1. The first-order valence-corrected chi connectivity index (χ1v) is 8.31. The van der Waals surface area contributed by atoms with Gasteiger partial charge in [-0.25, -0.2) is 9.59 Å². The second kappa shape index (κ2) is 8.49. The lowest BCUT2D eigenvalue weighted by atomic mass is 10.1. The van der Waals surface area contributed by atoms with Crippen LogP contribution >= 0.6 is 0 Å². The van der Waals surface area contributed by atoms with Gasteiger partial charge in [-0.15, -0.1) is 0 Å². The number of hydrogen-bond donors (Lipinski definition) is 2. The molecule has 26 heavy (non-hydrogen) atoms. The second-order valence-electron chi connectivity index (χ2n) is 6.82. The molecule has 0 bridgehead atoms. The van der Waals surface area contributed by atoms with E-state index in [1.807, 2.05) is 30.3 Å². The fraction of sp³-hybridized carbons (Fsp3) is 0.300. The van der Waals surface area contributed by atoms with Crippen molar-refractivity contribution in [1.29, 1.82) is 0 Å². The van der Waals surface area contributed by atoms with E-state index in [2.05, 4.69) is 5.32 Å². The van der Waals surface area contributed by atoms with E-state index in [-0.39, 0.29) is 6.61 Å². The normalized spacial score (nSPS) is 12.2. The highest BCUT2D eigenvalue weighted by Crippen LogP contribution is 2.17. The molecule has 0 heterocycles. The zero-order valence-electron chi connectivity index (χ0n) is 15.2.